The van der Waals surface area contributed by atoms with E-state index in [-0.39, 0.29) is 33.9 Å². The van der Waals surface area contributed by atoms with Crippen molar-refractivity contribution in [2.45, 2.75) is 25.2 Å². The van der Waals surface area contributed by atoms with Crippen LogP contribution in [0.1, 0.15) is 44.7 Å². The SMILES string of the molecule is Cc1ccccc1Nc1c(C(=O)N2CCC3(CC2)COc2ccc(F)cc23)cnc2c(C(=O)O)cnn12. The summed E-state index contributed by atoms with van der Waals surface area (Å²) in [5.41, 5.74) is 2.61. The molecular formula is C27H24FN5O4. The van der Waals surface area contributed by atoms with E-state index in [9.17, 15) is 19.1 Å². The monoisotopic (exact) mass is 501 g/mol. The van der Waals surface area contributed by atoms with Gasteiger partial charge in [0.25, 0.3) is 5.91 Å². The molecule has 2 N–H and O–H groups in total. The first-order valence-corrected chi connectivity index (χ1v) is 12.0. The van der Waals surface area contributed by atoms with E-state index in [1.807, 2.05) is 31.2 Å². The molecule has 0 saturated carbocycles. The molecule has 10 heteroatoms. The van der Waals surface area contributed by atoms with Gasteiger partial charge in [-0.3, -0.25) is 4.79 Å². The predicted octanol–water partition coefficient (Wildman–Crippen LogP) is 4.19. The molecule has 188 valence electrons. The first-order valence-electron chi connectivity index (χ1n) is 12.0. The van der Waals surface area contributed by atoms with E-state index in [0.29, 0.717) is 44.1 Å². The van der Waals surface area contributed by atoms with Crippen LogP contribution in [0, 0.1) is 12.7 Å². The highest BCUT2D eigenvalue weighted by Crippen LogP contribution is 2.46. The zero-order chi connectivity index (χ0) is 25.7. The van der Waals surface area contributed by atoms with Gasteiger partial charge in [0.05, 0.1) is 12.8 Å². The second kappa shape index (κ2) is 8.58. The van der Waals surface area contributed by atoms with E-state index >= 15 is 0 Å². The minimum Gasteiger partial charge on any atom is -0.492 e. The van der Waals surface area contributed by atoms with Crippen molar-refractivity contribution in [3.63, 3.8) is 0 Å². The summed E-state index contributed by atoms with van der Waals surface area (Å²) < 4.78 is 21.2. The number of halogens is 1. The molecule has 2 aliphatic rings. The number of aromatic nitrogens is 3. The molecule has 0 aliphatic carbocycles. The Kier molecular flexibility index (Phi) is 5.32. The number of likely N-dealkylation sites (tertiary alicyclic amines) is 1. The third-order valence-corrected chi connectivity index (χ3v) is 7.41. The van der Waals surface area contributed by atoms with Crippen LogP contribution < -0.4 is 10.1 Å². The number of para-hydroxylation sites is 1. The summed E-state index contributed by atoms with van der Waals surface area (Å²) in [4.78, 5) is 31.5. The summed E-state index contributed by atoms with van der Waals surface area (Å²) >= 11 is 0. The molecular weight excluding hydrogens is 477 g/mol. The molecule has 1 spiro atoms. The van der Waals surface area contributed by atoms with Gasteiger partial charge in [0.1, 0.15) is 28.5 Å². The molecule has 2 aliphatic heterocycles. The van der Waals surface area contributed by atoms with Crippen LogP contribution in [0.3, 0.4) is 0 Å². The van der Waals surface area contributed by atoms with Gasteiger partial charge in [-0.1, -0.05) is 18.2 Å². The van der Waals surface area contributed by atoms with Gasteiger partial charge < -0.3 is 20.1 Å². The van der Waals surface area contributed by atoms with E-state index in [1.54, 1.807) is 17.0 Å². The third-order valence-electron chi connectivity index (χ3n) is 7.41. The fourth-order valence-electron chi connectivity index (χ4n) is 5.26. The Morgan fingerprint density at radius 1 is 1.11 bits per heavy atom. The molecule has 37 heavy (non-hydrogen) atoms. The van der Waals surface area contributed by atoms with Crippen LogP contribution in [0.5, 0.6) is 5.75 Å². The summed E-state index contributed by atoms with van der Waals surface area (Å²) in [6.45, 7) is 3.31. The van der Waals surface area contributed by atoms with Gasteiger partial charge >= 0.3 is 5.97 Å². The number of ether oxygens (including phenoxy) is 1. The Hall–Kier alpha value is -4.47. The number of benzene rings is 2. The minimum atomic E-state index is -1.15. The van der Waals surface area contributed by atoms with Crippen molar-refractivity contribution in [1.82, 2.24) is 19.5 Å². The summed E-state index contributed by atoms with van der Waals surface area (Å²) in [5.74, 6) is -0.651. The normalized spacial score (nSPS) is 16.0. The molecule has 2 aromatic heterocycles. The van der Waals surface area contributed by atoms with Crippen LogP contribution in [0.4, 0.5) is 15.9 Å². The van der Waals surface area contributed by atoms with Gasteiger partial charge in [0.2, 0.25) is 0 Å². The van der Waals surface area contributed by atoms with E-state index in [2.05, 4.69) is 15.4 Å². The van der Waals surface area contributed by atoms with E-state index in [0.717, 1.165) is 16.8 Å². The minimum absolute atomic E-state index is 0.0566. The highest BCUT2D eigenvalue weighted by atomic mass is 19.1. The number of fused-ring (bicyclic) bond motifs is 3. The quantitative estimate of drug-likeness (QED) is 0.432. The molecule has 0 atom stereocenters. The Bertz CT molecular complexity index is 1560. The number of carbonyl (C=O) groups excluding carboxylic acids is 1. The van der Waals surface area contributed by atoms with Crippen molar-refractivity contribution in [2.75, 3.05) is 25.0 Å². The maximum atomic E-state index is 14.0. The lowest BCUT2D eigenvalue weighted by Crippen LogP contribution is -2.46. The smallest absolute Gasteiger partial charge is 0.341 e. The number of carboxylic acids is 1. The number of anilines is 2. The first kappa shape index (κ1) is 23.0. The lowest BCUT2D eigenvalue weighted by Gasteiger charge is -2.38. The summed E-state index contributed by atoms with van der Waals surface area (Å²) in [6.07, 6.45) is 3.90. The number of piperidine rings is 1. The lowest BCUT2D eigenvalue weighted by molar-refractivity contribution is 0.0645. The number of carboxylic acid groups (broad SMARTS) is 1. The highest BCUT2D eigenvalue weighted by Gasteiger charge is 2.44. The number of aryl methyl sites for hydroxylation is 1. The molecule has 6 rings (SSSR count). The van der Waals surface area contributed by atoms with Crippen molar-refractivity contribution in [1.29, 1.82) is 0 Å². The topological polar surface area (TPSA) is 109 Å². The molecule has 1 fully saturated rings. The van der Waals surface area contributed by atoms with Gasteiger partial charge in [-0.15, -0.1) is 0 Å². The average Bonchev–Trinajstić information content (AvgIpc) is 3.48. The van der Waals surface area contributed by atoms with Crippen LogP contribution in [-0.4, -0.2) is 56.2 Å². The summed E-state index contributed by atoms with van der Waals surface area (Å²) in [5, 5.41) is 17.1. The van der Waals surface area contributed by atoms with E-state index in [1.165, 1.54) is 23.0 Å². The average molecular weight is 502 g/mol. The number of hydrogen-bond donors (Lipinski definition) is 2. The fraction of sp³-hybridized carbons (Fsp3) is 0.259. The lowest BCUT2D eigenvalue weighted by atomic mass is 9.74. The Morgan fingerprint density at radius 2 is 1.89 bits per heavy atom. The molecule has 0 radical (unpaired) electrons. The number of rotatable bonds is 4. The molecule has 4 heterocycles. The van der Waals surface area contributed by atoms with Crippen LogP contribution in [0.15, 0.2) is 54.9 Å². The molecule has 4 aromatic rings. The number of aromatic carboxylic acids is 1. The fourth-order valence-corrected chi connectivity index (χ4v) is 5.26. The molecule has 1 amide bonds. The molecule has 1 saturated heterocycles. The van der Waals surface area contributed by atoms with Crippen molar-refractivity contribution < 1.29 is 23.8 Å². The van der Waals surface area contributed by atoms with Gasteiger partial charge in [-0.05, 0) is 49.6 Å². The standard InChI is InChI=1S/C27H24FN5O4/c1-16-4-2-3-5-21(16)31-24-18(13-29-23-19(26(35)36)14-30-33(23)24)25(34)32-10-8-27(9-11-32)15-37-22-7-6-17(28)12-20(22)27/h2-7,12-14,31H,8-11,15H2,1H3,(H,35,36). The largest absolute Gasteiger partial charge is 0.492 e. The Balaban J connectivity index is 1.34. The summed E-state index contributed by atoms with van der Waals surface area (Å²) in [7, 11) is 0. The van der Waals surface area contributed by atoms with Gasteiger partial charge in [-0.25, -0.2) is 14.2 Å². The second-order valence-corrected chi connectivity index (χ2v) is 9.56. The third kappa shape index (κ3) is 3.76. The van der Waals surface area contributed by atoms with Crippen LogP contribution in [-0.2, 0) is 5.41 Å². The number of amides is 1. The van der Waals surface area contributed by atoms with Crippen molar-refractivity contribution in [2.24, 2.45) is 0 Å². The number of nitrogens with zero attached hydrogens (tertiary/aromatic N) is 4. The highest BCUT2D eigenvalue weighted by molar-refractivity contribution is 6.01. The van der Waals surface area contributed by atoms with E-state index in [4.69, 9.17) is 4.74 Å². The van der Waals surface area contributed by atoms with Gasteiger partial charge in [0.15, 0.2) is 5.65 Å². The van der Waals surface area contributed by atoms with Crippen molar-refractivity contribution in [3.05, 3.63) is 82.9 Å². The number of nitrogens with one attached hydrogen (secondary N) is 1. The molecule has 0 bridgehead atoms. The van der Waals surface area contributed by atoms with E-state index < -0.39 is 5.97 Å². The van der Waals surface area contributed by atoms with Crippen LogP contribution in [0.2, 0.25) is 0 Å². The van der Waals surface area contributed by atoms with Gasteiger partial charge in [-0.2, -0.15) is 9.61 Å². The number of hydrogen-bond acceptors (Lipinski definition) is 6. The van der Waals surface area contributed by atoms with Crippen molar-refractivity contribution >= 4 is 29.0 Å². The Labute approximate surface area is 211 Å². The predicted molar refractivity (Wildman–Crippen MR) is 133 cm³/mol. The zero-order valence-corrected chi connectivity index (χ0v) is 20.1. The maximum absolute atomic E-state index is 14.0. The van der Waals surface area contributed by atoms with Crippen molar-refractivity contribution in [3.8, 4) is 5.75 Å². The van der Waals surface area contributed by atoms with Gasteiger partial charge in [0, 0.05) is 36.0 Å². The number of carbonyl (C=O) groups is 2. The molecule has 2 aromatic carbocycles. The zero-order valence-electron chi connectivity index (χ0n) is 20.1. The Morgan fingerprint density at radius 3 is 2.65 bits per heavy atom. The first-order chi connectivity index (χ1) is 17.9. The second-order valence-electron chi connectivity index (χ2n) is 9.56. The molecule has 9 nitrogen and oxygen atoms in total. The maximum Gasteiger partial charge on any atom is 0.341 e. The van der Waals surface area contributed by atoms with Crippen LogP contribution in [0.25, 0.3) is 5.65 Å². The van der Waals surface area contributed by atoms with Crippen LogP contribution >= 0.6 is 0 Å². The summed E-state index contributed by atoms with van der Waals surface area (Å²) in [6, 6.07) is 12.2. The molecule has 0 unspecified atom stereocenters.